The summed E-state index contributed by atoms with van der Waals surface area (Å²) in [5, 5.41) is 8.14. The number of hydrogen-bond donors (Lipinski definition) is 2. The molecule has 3 aromatic rings. The molecule has 3 heteroatoms. The van der Waals surface area contributed by atoms with Gasteiger partial charge in [0, 0.05) is 10.9 Å². The van der Waals surface area contributed by atoms with E-state index >= 15 is 0 Å². The van der Waals surface area contributed by atoms with Crippen molar-refractivity contribution in [3.05, 3.63) is 54.2 Å². The highest BCUT2D eigenvalue weighted by Crippen LogP contribution is 2.31. The second kappa shape index (κ2) is 4.21. The van der Waals surface area contributed by atoms with Crippen molar-refractivity contribution in [2.24, 2.45) is 5.73 Å². The van der Waals surface area contributed by atoms with Crippen LogP contribution >= 0.6 is 0 Å². The molecule has 0 aliphatic heterocycles. The highest BCUT2D eigenvalue weighted by Gasteiger charge is 2.18. The van der Waals surface area contributed by atoms with E-state index in [9.17, 15) is 0 Å². The number of nitrogens with two attached hydrogens (primary N) is 1. The molecule has 0 saturated heterocycles. The van der Waals surface area contributed by atoms with E-state index < -0.39 is 0 Å². The lowest BCUT2D eigenvalue weighted by atomic mass is 9.87. The number of benzene rings is 2. The van der Waals surface area contributed by atoms with Gasteiger partial charge in [0.2, 0.25) is 0 Å². The zero-order chi connectivity index (χ0) is 13.5. The fraction of sp³-hybridized carbons (Fsp3) is 0.188. The highest BCUT2D eigenvalue weighted by molar-refractivity contribution is 5.84. The van der Waals surface area contributed by atoms with Gasteiger partial charge in [-0.25, -0.2) is 0 Å². The van der Waals surface area contributed by atoms with E-state index in [0.29, 0.717) is 0 Å². The third-order valence-corrected chi connectivity index (χ3v) is 3.37. The first-order valence-electron chi connectivity index (χ1n) is 6.37. The van der Waals surface area contributed by atoms with E-state index in [2.05, 4.69) is 40.5 Å². The van der Waals surface area contributed by atoms with E-state index in [0.717, 1.165) is 16.5 Å². The summed E-state index contributed by atoms with van der Waals surface area (Å²) in [6.07, 6.45) is 1.84. The van der Waals surface area contributed by atoms with Crippen LogP contribution in [0.25, 0.3) is 22.0 Å². The molecule has 0 aliphatic rings. The fourth-order valence-corrected chi connectivity index (χ4v) is 2.41. The summed E-state index contributed by atoms with van der Waals surface area (Å²) >= 11 is 0. The smallest absolute Gasteiger partial charge is 0.0650 e. The Bertz CT molecular complexity index is 720. The van der Waals surface area contributed by atoms with E-state index in [1.165, 1.54) is 11.1 Å². The van der Waals surface area contributed by atoms with Gasteiger partial charge in [0.15, 0.2) is 0 Å². The average molecular weight is 251 g/mol. The Kier molecular flexibility index (Phi) is 2.64. The number of nitrogens with zero attached hydrogens (tertiary/aromatic N) is 1. The Hall–Kier alpha value is -2.13. The topological polar surface area (TPSA) is 54.7 Å². The van der Waals surface area contributed by atoms with Crippen molar-refractivity contribution < 1.29 is 0 Å². The van der Waals surface area contributed by atoms with Crippen molar-refractivity contribution in [2.75, 3.05) is 0 Å². The number of aromatic nitrogens is 2. The Balaban J connectivity index is 2.21. The largest absolute Gasteiger partial charge is 0.322 e. The summed E-state index contributed by atoms with van der Waals surface area (Å²) < 4.78 is 0. The van der Waals surface area contributed by atoms with Gasteiger partial charge in [-0.15, -0.1) is 0 Å². The van der Waals surface area contributed by atoms with Crippen LogP contribution in [0.5, 0.6) is 0 Å². The predicted molar refractivity (Wildman–Crippen MR) is 78.7 cm³/mol. The number of hydrogen-bond acceptors (Lipinski definition) is 2. The molecule has 0 atom stereocenters. The third-order valence-electron chi connectivity index (χ3n) is 3.37. The standard InChI is InChI=1S/C16H17N3/c1-16(2,17)14-6-4-3-5-13(14)11-7-8-15-12(9-11)10-18-19-15/h3-10H,17H2,1-2H3,(H,18,19). The van der Waals surface area contributed by atoms with Crippen molar-refractivity contribution >= 4 is 10.9 Å². The van der Waals surface area contributed by atoms with Crippen molar-refractivity contribution in [1.29, 1.82) is 0 Å². The van der Waals surface area contributed by atoms with Gasteiger partial charge in [-0.05, 0) is 42.7 Å². The monoisotopic (exact) mass is 251 g/mol. The van der Waals surface area contributed by atoms with Crippen LogP contribution in [0.4, 0.5) is 0 Å². The lowest BCUT2D eigenvalue weighted by molar-refractivity contribution is 0.556. The van der Waals surface area contributed by atoms with Crippen molar-refractivity contribution in [3.8, 4) is 11.1 Å². The zero-order valence-corrected chi connectivity index (χ0v) is 11.1. The molecule has 1 heterocycles. The van der Waals surface area contributed by atoms with Gasteiger partial charge >= 0.3 is 0 Å². The Morgan fingerprint density at radius 2 is 1.89 bits per heavy atom. The predicted octanol–water partition coefficient (Wildman–Crippen LogP) is 3.42. The third kappa shape index (κ3) is 2.13. The number of H-pyrrole nitrogens is 1. The summed E-state index contributed by atoms with van der Waals surface area (Å²) in [5.74, 6) is 0. The molecule has 0 amide bonds. The summed E-state index contributed by atoms with van der Waals surface area (Å²) in [7, 11) is 0. The maximum Gasteiger partial charge on any atom is 0.0650 e. The molecular weight excluding hydrogens is 234 g/mol. The number of rotatable bonds is 2. The van der Waals surface area contributed by atoms with E-state index in [-0.39, 0.29) is 5.54 Å². The zero-order valence-electron chi connectivity index (χ0n) is 11.1. The number of aromatic amines is 1. The summed E-state index contributed by atoms with van der Waals surface area (Å²) in [6.45, 7) is 4.06. The van der Waals surface area contributed by atoms with Gasteiger partial charge in [-0.3, -0.25) is 5.10 Å². The summed E-state index contributed by atoms with van der Waals surface area (Å²) in [4.78, 5) is 0. The van der Waals surface area contributed by atoms with Gasteiger partial charge in [-0.1, -0.05) is 30.3 Å². The van der Waals surface area contributed by atoms with Gasteiger partial charge in [0.05, 0.1) is 11.7 Å². The van der Waals surface area contributed by atoms with Crippen LogP contribution in [0.15, 0.2) is 48.7 Å². The molecule has 0 aliphatic carbocycles. The number of fused-ring (bicyclic) bond motifs is 1. The minimum Gasteiger partial charge on any atom is -0.322 e. The second-order valence-corrected chi connectivity index (χ2v) is 5.44. The van der Waals surface area contributed by atoms with Crippen molar-refractivity contribution in [2.45, 2.75) is 19.4 Å². The molecule has 0 bridgehead atoms. The molecule has 2 aromatic carbocycles. The van der Waals surface area contributed by atoms with Crippen LogP contribution in [-0.4, -0.2) is 10.2 Å². The van der Waals surface area contributed by atoms with Gasteiger partial charge in [0.25, 0.3) is 0 Å². The summed E-state index contributed by atoms with van der Waals surface area (Å²) in [5.41, 5.74) is 10.5. The fourth-order valence-electron chi connectivity index (χ4n) is 2.41. The molecule has 1 aromatic heterocycles. The van der Waals surface area contributed by atoms with E-state index in [1.807, 2.05) is 32.2 Å². The molecular formula is C16H17N3. The second-order valence-electron chi connectivity index (χ2n) is 5.44. The maximum absolute atomic E-state index is 6.27. The molecule has 19 heavy (non-hydrogen) atoms. The first-order chi connectivity index (χ1) is 9.05. The lowest BCUT2D eigenvalue weighted by Gasteiger charge is -2.23. The van der Waals surface area contributed by atoms with Crippen LogP contribution < -0.4 is 5.73 Å². The Morgan fingerprint density at radius 1 is 1.11 bits per heavy atom. The quantitative estimate of drug-likeness (QED) is 0.733. The van der Waals surface area contributed by atoms with Crippen molar-refractivity contribution in [3.63, 3.8) is 0 Å². The van der Waals surface area contributed by atoms with Crippen molar-refractivity contribution in [1.82, 2.24) is 10.2 Å². The molecule has 3 nitrogen and oxygen atoms in total. The number of nitrogens with one attached hydrogen (secondary N) is 1. The first kappa shape index (κ1) is 11.9. The van der Waals surface area contributed by atoms with Gasteiger partial charge in [0.1, 0.15) is 0 Å². The van der Waals surface area contributed by atoms with E-state index in [4.69, 9.17) is 5.73 Å². The molecule has 0 saturated carbocycles. The molecule has 0 spiro atoms. The molecule has 3 N–H and O–H groups in total. The molecule has 3 rings (SSSR count). The Morgan fingerprint density at radius 3 is 2.68 bits per heavy atom. The van der Waals surface area contributed by atoms with Crippen LogP contribution in [-0.2, 0) is 5.54 Å². The minimum atomic E-state index is -0.359. The molecule has 0 unspecified atom stereocenters. The molecule has 0 radical (unpaired) electrons. The summed E-state index contributed by atoms with van der Waals surface area (Å²) in [6, 6.07) is 14.6. The average Bonchev–Trinajstić information content (AvgIpc) is 2.85. The van der Waals surface area contributed by atoms with Gasteiger partial charge in [-0.2, -0.15) is 5.10 Å². The Labute approximate surface area is 112 Å². The SMILES string of the molecule is CC(C)(N)c1ccccc1-c1ccc2[nH]ncc2c1. The van der Waals surface area contributed by atoms with Crippen LogP contribution in [0.2, 0.25) is 0 Å². The minimum absolute atomic E-state index is 0.359. The highest BCUT2D eigenvalue weighted by atomic mass is 15.1. The van der Waals surface area contributed by atoms with Crippen LogP contribution in [0.3, 0.4) is 0 Å². The maximum atomic E-state index is 6.27. The first-order valence-corrected chi connectivity index (χ1v) is 6.37. The molecule has 96 valence electrons. The van der Waals surface area contributed by atoms with Crippen LogP contribution in [0, 0.1) is 0 Å². The normalized spacial score (nSPS) is 11.9. The molecule has 0 fully saturated rings. The van der Waals surface area contributed by atoms with Gasteiger partial charge < -0.3 is 5.73 Å². The van der Waals surface area contributed by atoms with Crippen LogP contribution in [0.1, 0.15) is 19.4 Å². The lowest BCUT2D eigenvalue weighted by Crippen LogP contribution is -2.29. The van der Waals surface area contributed by atoms with E-state index in [1.54, 1.807) is 0 Å².